The molecule has 0 saturated heterocycles. The van der Waals surface area contributed by atoms with Crippen molar-refractivity contribution in [3.05, 3.63) is 137 Å². The Morgan fingerprint density at radius 1 is 0.676 bits per heavy atom. The Labute approximate surface area is 224 Å². The van der Waals surface area contributed by atoms with Crippen molar-refractivity contribution >= 4 is 57.3 Å². The van der Waals surface area contributed by atoms with E-state index in [1.54, 1.807) is 12.1 Å². The number of hydrogen-bond donors (Lipinski definition) is 2. The molecule has 0 fully saturated rings. The first kappa shape index (κ1) is 24.6. The molecule has 0 bridgehead atoms. The van der Waals surface area contributed by atoms with E-state index in [1.807, 2.05) is 109 Å². The molecule has 1 atom stereocenters. The zero-order valence-electron chi connectivity index (χ0n) is 19.7. The number of amides is 2. The van der Waals surface area contributed by atoms with Gasteiger partial charge in [0.05, 0.1) is 10.7 Å². The fourth-order valence-electron chi connectivity index (χ4n) is 3.95. The Hall–Kier alpha value is -4.06. The summed E-state index contributed by atoms with van der Waals surface area (Å²) in [6, 6.07) is 37.9. The summed E-state index contributed by atoms with van der Waals surface area (Å²) in [5.74, 6) is -0.342. The van der Waals surface area contributed by atoms with E-state index in [9.17, 15) is 9.59 Å². The second-order valence-corrected chi connectivity index (χ2v) is 10.0. The Balaban J connectivity index is 1.31. The third-order valence-electron chi connectivity index (χ3n) is 5.85. The first-order valence-electron chi connectivity index (χ1n) is 11.7. The van der Waals surface area contributed by atoms with Crippen LogP contribution in [0.3, 0.4) is 0 Å². The number of fused-ring (bicyclic) bond motifs is 1. The summed E-state index contributed by atoms with van der Waals surface area (Å²) in [5.41, 5.74) is 2.73. The number of para-hydroxylation sites is 1. The molecule has 0 aromatic heterocycles. The van der Waals surface area contributed by atoms with Gasteiger partial charge in [0.1, 0.15) is 5.25 Å². The predicted molar refractivity (Wildman–Crippen MR) is 153 cm³/mol. The summed E-state index contributed by atoms with van der Waals surface area (Å²) in [4.78, 5) is 27.0. The van der Waals surface area contributed by atoms with Gasteiger partial charge in [-0.1, -0.05) is 84.4 Å². The highest BCUT2D eigenvalue weighted by molar-refractivity contribution is 8.00. The van der Waals surface area contributed by atoms with Gasteiger partial charge >= 0.3 is 0 Å². The molecule has 1 unspecified atom stereocenters. The number of thioether (sulfide) groups is 1. The van der Waals surface area contributed by atoms with Gasteiger partial charge in [0, 0.05) is 16.1 Å². The van der Waals surface area contributed by atoms with Crippen LogP contribution in [0.15, 0.2) is 126 Å². The fraction of sp³-hybridized carbons (Fsp3) is 0.0323. The summed E-state index contributed by atoms with van der Waals surface area (Å²) in [5, 5.41) is 8.01. The molecule has 0 aliphatic rings. The second kappa shape index (κ2) is 11.3. The molecule has 37 heavy (non-hydrogen) atoms. The number of benzene rings is 5. The van der Waals surface area contributed by atoms with Crippen molar-refractivity contribution in [1.82, 2.24) is 0 Å². The van der Waals surface area contributed by atoms with Crippen LogP contribution in [-0.2, 0) is 4.79 Å². The smallest absolute Gasteiger partial charge is 0.255 e. The van der Waals surface area contributed by atoms with E-state index in [4.69, 9.17) is 11.6 Å². The van der Waals surface area contributed by atoms with E-state index < -0.39 is 5.25 Å². The molecule has 6 heteroatoms. The van der Waals surface area contributed by atoms with Crippen LogP contribution in [0.25, 0.3) is 10.8 Å². The Morgan fingerprint density at radius 3 is 2.11 bits per heavy atom. The van der Waals surface area contributed by atoms with Gasteiger partial charge in [-0.3, -0.25) is 9.59 Å². The molecule has 5 aromatic rings. The van der Waals surface area contributed by atoms with Gasteiger partial charge in [0.15, 0.2) is 0 Å². The zero-order valence-corrected chi connectivity index (χ0v) is 21.3. The van der Waals surface area contributed by atoms with Gasteiger partial charge in [-0.25, -0.2) is 0 Å². The average Bonchev–Trinajstić information content (AvgIpc) is 2.94. The van der Waals surface area contributed by atoms with Gasteiger partial charge in [0.2, 0.25) is 5.91 Å². The lowest BCUT2D eigenvalue weighted by Crippen LogP contribution is -2.19. The maximum absolute atomic E-state index is 13.3. The van der Waals surface area contributed by atoms with Crippen LogP contribution < -0.4 is 10.6 Å². The van der Waals surface area contributed by atoms with Crippen LogP contribution in [0.2, 0.25) is 5.02 Å². The summed E-state index contributed by atoms with van der Waals surface area (Å²) >= 11 is 7.69. The third kappa shape index (κ3) is 6.02. The number of carbonyl (C=O) groups is 2. The molecule has 5 aromatic carbocycles. The maximum atomic E-state index is 13.3. The van der Waals surface area contributed by atoms with Crippen LogP contribution in [0.1, 0.15) is 21.2 Å². The Bertz CT molecular complexity index is 1560. The van der Waals surface area contributed by atoms with E-state index in [0.717, 1.165) is 21.2 Å². The fourth-order valence-corrected chi connectivity index (χ4v) is 5.16. The highest BCUT2D eigenvalue weighted by Crippen LogP contribution is 2.37. The lowest BCUT2D eigenvalue weighted by molar-refractivity contribution is -0.115. The average molecular weight is 523 g/mol. The number of hydrogen-bond acceptors (Lipinski definition) is 3. The monoisotopic (exact) mass is 522 g/mol. The Morgan fingerprint density at radius 2 is 1.35 bits per heavy atom. The zero-order chi connectivity index (χ0) is 25.6. The first-order valence-corrected chi connectivity index (χ1v) is 13.0. The van der Waals surface area contributed by atoms with Crippen molar-refractivity contribution in [2.75, 3.05) is 10.6 Å². The maximum Gasteiger partial charge on any atom is 0.255 e. The molecule has 0 aliphatic carbocycles. The highest BCUT2D eigenvalue weighted by Gasteiger charge is 2.23. The minimum Gasteiger partial charge on any atom is -0.323 e. The van der Waals surface area contributed by atoms with E-state index >= 15 is 0 Å². The first-order chi connectivity index (χ1) is 18.1. The van der Waals surface area contributed by atoms with E-state index in [2.05, 4.69) is 10.6 Å². The number of carbonyl (C=O) groups excluding carboxylic acids is 2. The lowest BCUT2D eigenvalue weighted by atomic mass is 10.1. The van der Waals surface area contributed by atoms with Crippen molar-refractivity contribution in [3.63, 3.8) is 0 Å². The van der Waals surface area contributed by atoms with Gasteiger partial charge in [-0.15, -0.1) is 11.8 Å². The third-order valence-corrected chi connectivity index (χ3v) is 7.45. The highest BCUT2D eigenvalue weighted by atomic mass is 35.5. The van der Waals surface area contributed by atoms with Crippen molar-refractivity contribution < 1.29 is 9.59 Å². The van der Waals surface area contributed by atoms with Crippen molar-refractivity contribution in [2.45, 2.75) is 10.1 Å². The molecule has 0 spiro atoms. The summed E-state index contributed by atoms with van der Waals surface area (Å²) in [7, 11) is 0. The van der Waals surface area contributed by atoms with Crippen molar-refractivity contribution in [1.29, 1.82) is 0 Å². The standard InChI is InChI=1S/C31H23ClN2O2S/c32-27-12-6-7-13-28(27)34-31(36)29(22-9-2-1-3-10-22)37-26-18-16-25(17-19-26)33-30(35)24-15-14-21-8-4-5-11-23(21)20-24/h1-20,29H,(H,33,35)(H,34,36). The normalized spacial score (nSPS) is 11.6. The number of halogens is 1. The lowest BCUT2D eigenvalue weighted by Gasteiger charge is -2.18. The summed E-state index contributed by atoms with van der Waals surface area (Å²) in [6.45, 7) is 0. The molecule has 2 N–H and O–H groups in total. The quantitative estimate of drug-likeness (QED) is 0.212. The van der Waals surface area contributed by atoms with E-state index in [1.165, 1.54) is 11.8 Å². The molecule has 0 aliphatic heterocycles. The molecule has 182 valence electrons. The SMILES string of the molecule is O=C(Nc1ccc(SC(C(=O)Nc2ccccc2Cl)c2ccccc2)cc1)c1ccc2ccccc2c1. The second-order valence-electron chi connectivity index (χ2n) is 8.42. The largest absolute Gasteiger partial charge is 0.323 e. The molecule has 0 radical (unpaired) electrons. The molecule has 5 rings (SSSR count). The van der Waals surface area contributed by atoms with Crippen LogP contribution >= 0.6 is 23.4 Å². The van der Waals surface area contributed by atoms with Gasteiger partial charge in [0.25, 0.3) is 5.91 Å². The van der Waals surface area contributed by atoms with Crippen LogP contribution in [0.4, 0.5) is 11.4 Å². The molecule has 2 amide bonds. The summed E-state index contributed by atoms with van der Waals surface area (Å²) < 4.78 is 0. The van der Waals surface area contributed by atoms with Crippen molar-refractivity contribution in [2.24, 2.45) is 0 Å². The topological polar surface area (TPSA) is 58.2 Å². The van der Waals surface area contributed by atoms with Gasteiger partial charge in [-0.2, -0.15) is 0 Å². The number of rotatable bonds is 7. The minimum atomic E-state index is -0.490. The summed E-state index contributed by atoms with van der Waals surface area (Å²) in [6.07, 6.45) is 0. The molecule has 4 nitrogen and oxygen atoms in total. The van der Waals surface area contributed by atoms with Gasteiger partial charge in [-0.05, 0) is 64.9 Å². The molecular formula is C31H23ClN2O2S. The number of nitrogens with one attached hydrogen (secondary N) is 2. The molecule has 0 saturated carbocycles. The van der Waals surface area contributed by atoms with E-state index in [-0.39, 0.29) is 11.8 Å². The van der Waals surface area contributed by atoms with Crippen LogP contribution in [-0.4, -0.2) is 11.8 Å². The van der Waals surface area contributed by atoms with E-state index in [0.29, 0.717) is 22.0 Å². The van der Waals surface area contributed by atoms with Gasteiger partial charge < -0.3 is 10.6 Å². The molecule has 0 heterocycles. The van der Waals surface area contributed by atoms with Crippen LogP contribution in [0, 0.1) is 0 Å². The Kier molecular flexibility index (Phi) is 7.54. The van der Waals surface area contributed by atoms with Crippen LogP contribution in [0.5, 0.6) is 0 Å². The molecular weight excluding hydrogens is 500 g/mol. The predicted octanol–water partition coefficient (Wildman–Crippen LogP) is 8.22. The number of anilines is 2. The minimum absolute atomic E-state index is 0.169. The van der Waals surface area contributed by atoms with Crippen molar-refractivity contribution in [3.8, 4) is 0 Å².